The quantitative estimate of drug-likeness (QED) is 0.213. The van der Waals surface area contributed by atoms with Crippen LogP contribution in [0.4, 0.5) is 0 Å². The first-order valence-electron chi connectivity index (χ1n) is 9.53. The molecule has 1 aromatic carbocycles. The summed E-state index contributed by atoms with van der Waals surface area (Å²) in [5, 5.41) is 21.5. The summed E-state index contributed by atoms with van der Waals surface area (Å²) >= 11 is 0. The number of benzene rings is 1. The van der Waals surface area contributed by atoms with E-state index < -0.39 is 0 Å². The molecule has 29 heavy (non-hydrogen) atoms. The lowest BCUT2D eigenvalue weighted by Crippen LogP contribution is -2.10. The maximum absolute atomic E-state index is 11.2. The van der Waals surface area contributed by atoms with Crippen LogP contribution < -0.4 is 10.1 Å². The standard InChI is InChI=1S/C24H32N2O3/c1-15(2)10-21(24(17(5)25)18(6)28)13-26-22(11-16(3)4)19-8-9-20(14-27)23(12-19)29-7/h8-14,16,25-26,28H,1-7H3/b21-13+,22-11-,24-18+,25-17?. The van der Waals surface area contributed by atoms with Crippen molar-refractivity contribution < 1.29 is 14.6 Å². The van der Waals surface area contributed by atoms with Crippen molar-refractivity contribution in [3.05, 3.63) is 70.2 Å². The van der Waals surface area contributed by atoms with Crippen molar-refractivity contribution in [2.24, 2.45) is 5.92 Å². The van der Waals surface area contributed by atoms with Crippen LogP contribution >= 0.6 is 0 Å². The van der Waals surface area contributed by atoms with E-state index in [0.717, 1.165) is 23.1 Å². The van der Waals surface area contributed by atoms with Crippen LogP contribution in [0.2, 0.25) is 0 Å². The van der Waals surface area contributed by atoms with Gasteiger partial charge in [-0.05, 0) is 45.7 Å². The van der Waals surface area contributed by atoms with E-state index in [-0.39, 0.29) is 17.4 Å². The fourth-order valence-electron chi connectivity index (χ4n) is 2.89. The number of nitrogens with one attached hydrogen (secondary N) is 2. The zero-order chi connectivity index (χ0) is 22.1. The van der Waals surface area contributed by atoms with Crippen LogP contribution in [0.15, 0.2) is 59.0 Å². The molecule has 0 atom stereocenters. The number of carbonyl (C=O) groups excluding carboxylic acids is 1. The van der Waals surface area contributed by atoms with Crippen molar-refractivity contribution in [2.75, 3.05) is 7.11 Å². The Morgan fingerprint density at radius 3 is 2.31 bits per heavy atom. The van der Waals surface area contributed by atoms with E-state index in [2.05, 4.69) is 25.2 Å². The number of aldehydes is 1. The number of methoxy groups -OCH3 is 1. The average molecular weight is 397 g/mol. The molecule has 156 valence electrons. The first-order chi connectivity index (χ1) is 13.6. The van der Waals surface area contributed by atoms with Crippen molar-refractivity contribution in [3.63, 3.8) is 0 Å². The highest BCUT2D eigenvalue weighted by Gasteiger charge is 2.12. The molecule has 1 aromatic rings. The SMILES string of the molecule is COc1cc(/C(=C/C(C)C)N/C=C(C=C(C)C)/C(C(C)=N)=C(\C)O)ccc1C=O. The first kappa shape index (κ1) is 24.0. The van der Waals surface area contributed by atoms with Gasteiger partial charge in [-0.3, -0.25) is 4.79 Å². The molecule has 0 aliphatic carbocycles. The van der Waals surface area contributed by atoms with Gasteiger partial charge in [-0.15, -0.1) is 0 Å². The summed E-state index contributed by atoms with van der Waals surface area (Å²) in [5.41, 5.74) is 4.72. The molecule has 0 aliphatic rings. The Morgan fingerprint density at radius 2 is 1.86 bits per heavy atom. The smallest absolute Gasteiger partial charge is 0.153 e. The maximum Gasteiger partial charge on any atom is 0.153 e. The van der Waals surface area contributed by atoms with Crippen molar-refractivity contribution in [1.29, 1.82) is 5.41 Å². The number of allylic oxidation sites excluding steroid dienone is 6. The molecule has 0 aromatic heterocycles. The second-order valence-corrected chi connectivity index (χ2v) is 7.45. The molecule has 5 heteroatoms. The molecule has 0 unspecified atom stereocenters. The van der Waals surface area contributed by atoms with Crippen molar-refractivity contribution in [2.45, 2.75) is 41.5 Å². The van der Waals surface area contributed by atoms with Crippen LogP contribution in [0.3, 0.4) is 0 Å². The van der Waals surface area contributed by atoms with E-state index in [1.165, 1.54) is 7.11 Å². The lowest BCUT2D eigenvalue weighted by Gasteiger charge is -2.15. The molecule has 0 spiro atoms. The van der Waals surface area contributed by atoms with Gasteiger partial charge in [0, 0.05) is 34.3 Å². The van der Waals surface area contributed by atoms with Crippen LogP contribution in [0, 0.1) is 11.3 Å². The first-order valence-corrected chi connectivity index (χ1v) is 9.53. The van der Waals surface area contributed by atoms with Gasteiger partial charge < -0.3 is 20.6 Å². The van der Waals surface area contributed by atoms with Crippen LogP contribution in [0.25, 0.3) is 5.70 Å². The minimum atomic E-state index is 0.0921. The molecule has 0 heterocycles. The summed E-state index contributed by atoms with van der Waals surface area (Å²) < 4.78 is 5.33. The van der Waals surface area contributed by atoms with Gasteiger partial charge in [0.15, 0.2) is 6.29 Å². The predicted octanol–water partition coefficient (Wildman–Crippen LogP) is 5.82. The summed E-state index contributed by atoms with van der Waals surface area (Å²) in [6, 6.07) is 5.40. The van der Waals surface area contributed by atoms with Crippen molar-refractivity contribution in [1.82, 2.24) is 5.32 Å². The number of hydrogen-bond donors (Lipinski definition) is 3. The van der Waals surface area contributed by atoms with E-state index in [1.54, 1.807) is 26.1 Å². The van der Waals surface area contributed by atoms with Gasteiger partial charge in [-0.25, -0.2) is 0 Å². The second kappa shape index (κ2) is 11.1. The summed E-state index contributed by atoms with van der Waals surface area (Å²) in [5.74, 6) is 0.868. The molecule has 5 nitrogen and oxygen atoms in total. The summed E-state index contributed by atoms with van der Waals surface area (Å²) in [6.45, 7) is 11.3. The third-order valence-corrected chi connectivity index (χ3v) is 4.02. The van der Waals surface area contributed by atoms with Crippen LogP contribution in [-0.4, -0.2) is 24.2 Å². The highest BCUT2D eigenvalue weighted by molar-refractivity contribution is 6.01. The number of carbonyl (C=O) groups is 1. The molecule has 0 amide bonds. The highest BCUT2D eigenvalue weighted by Crippen LogP contribution is 2.24. The number of aliphatic hydroxyl groups is 1. The van der Waals surface area contributed by atoms with Gasteiger partial charge in [0.25, 0.3) is 0 Å². The molecule has 0 saturated heterocycles. The highest BCUT2D eigenvalue weighted by atomic mass is 16.5. The summed E-state index contributed by atoms with van der Waals surface area (Å²) in [4.78, 5) is 11.2. The minimum absolute atomic E-state index is 0.0921. The van der Waals surface area contributed by atoms with Gasteiger partial charge in [0.05, 0.1) is 18.4 Å². The number of aliphatic hydroxyl groups excluding tert-OH is 1. The topological polar surface area (TPSA) is 82.4 Å². The number of rotatable bonds is 9. The van der Waals surface area contributed by atoms with Crippen molar-refractivity contribution >= 4 is 17.7 Å². The largest absolute Gasteiger partial charge is 0.512 e. The lowest BCUT2D eigenvalue weighted by molar-refractivity contribution is 0.112. The Balaban J connectivity index is 3.51. The third-order valence-electron chi connectivity index (χ3n) is 4.02. The third kappa shape index (κ3) is 7.11. The fourth-order valence-corrected chi connectivity index (χ4v) is 2.89. The normalized spacial score (nSPS) is 13.0. The molecule has 0 aliphatic heterocycles. The average Bonchev–Trinajstić information content (AvgIpc) is 2.62. The number of ether oxygens (including phenoxy) is 1. The zero-order valence-corrected chi connectivity index (χ0v) is 18.4. The van der Waals surface area contributed by atoms with Gasteiger partial charge in [-0.2, -0.15) is 0 Å². The Kier molecular flexibility index (Phi) is 9.13. The van der Waals surface area contributed by atoms with Gasteiger partial charge in [0.1, 0.15) is 5.75 Å². The minimum Gasteiger partial charge on any atom is -0.512 e. The molecule has 0 bridgehead atoms. The van der Waals surface area contributed by atoms with Gasteiger partial charge in [0.2, 0.25) is 0 Å². The van der Waals surface area contributed by atoms with E-state index >= 15 is 0 Å². The molecule has 3 N–H and O–H groups in total. The summed E-state index contributed by atoms with van der Waals surface area (Å²) in [6.07, 6.45) is 6.54. The molecule has 0 fully saturated rings. The van der Waals surface area contributed by atoms with E-state index in [4.69, 9.17) is 10.1 Å². The van der Waals surface area contributed by atoms with Gasteiger partial charge in [-0.1, -0.05) is 37.6 Å². The molecule has 0 saturated carbocycles. The Labute approximate surface area is 174 Å². The Bertz CT molecular complexity index is 879. The molecule has 1 rings (SSSR count). The van der Waals surface area contributed by atoms with Gasteiger partial charge >= 0.3 is 0 Å². The molecule has 0 radical (unpaired) electrons. The predicted molar refractivity (Wildman–Crippen MR) is 121 cm³/mol. The maximum atomic E-state index is 11.2. The zero-order valence-electron chi connectivity index (χ0n) is 18.4. The lowest BCUT2D eigenvalue weighted by atomic mass is 9.99. The fraction of sp³-hybridized carbons (Fsp3) is 0.333. The summed E-state index contributed by atoms with van der Waals surface area (Å²) in [7, 11) is 1.53. The number of hydrogen-bond acceptors (Lipinski definition) is 5. The Hall–Kier alpha value is -3.08. The molecular formula is C24H32N2O3. The van der Waals surface area contributed by atoms with Crippen LogP contribution in [0.1, 0.15) is 57.5 Å². The van der Waals surface area contributed by atoms with Crippen LogP contribution in [0.5, 0.6) is 5.75 Å². The van der Waals surface area contributed by atoms with Crippen LogP contribution in [-0.2, 0) is 0 Å². The van der Waals surface area contributed by atoms with E-state index in [0.29, 0.717) is 22.5 Å². The van der Waals surface area contributed by atoms with Crippen molar-refractivity contribution in [3.8, 4) is 5.75 Å². The van der Waals surface area contributed by atoms with E-state index in [1.807, 2.05) is 32.1 Å². The monoisotopic (exact) mass is 396 g/mol. The second-order valence-electron chi connectivity index (χ2n) is 7.45. The van der Waals surface area contributed by atoms with E-state index in [9.17, 15) is 9.90 Å². The Morgan fingerprint density at radius 1 is 1.21 bits per heavy atom. The molecular weight excluding hydrogens is 364 g/mol.